The molecule has 0 aromatic heterocycles. The average molecular weight is 426 g/mol. The molecule has 0 radical (unpaired) electrons. The van der Waals surface area contributed by atoms with Crippen molar-refractivity contribution in [3.63, 3.8) is 0 Å². The third kappa shape index (κ3) is 4.45. The molecule has 0 spiro atoms. The molecule has 1 aliphatic heterocycles. The molecule has 1 unspecified atom stereocenters. The number of amides is 2. The lowest BCUT2D eigenvalue weighted by Gasteiger charge is -2.19. The van der Waals surface area contributed by atoms with Crippen LogP contribution in [-0.2, 0) is 19.8 Å². The van der Waals surface area contributed by atoms with Crippen LogP contribution in [0.2, 0.25) is 0 Å². The maximum absolute atomic E-state index is 13.6. The first kappa shape index (κ1) is 22.5. The number of hydrogen-bond donors (Lipinski definition) is 2. The van der Waals surface area contributed by atoms with E-state index in [9.17, 15) is 23.9 Å². The summed E-state index contributed by atoms with van der Waals surface area (Å²) >= 11 is 0. The van der Waals surface area contributed by atoms with E-state index in [1.165, 1.54) is 18.2 Å². The maximum atomic E-state index is 13.6. The standard InChI is InChI=1S/C24H27FN2O4/c1-5-27-22-14(2)9-18(13-19(22)24(3,4)23(27)31)26-20(28)11-16(12-21(29)30)15-7-6-8-17(25)10-15/h6-10,13,16H,5,11-12H2,1-4H3,(H,26,28)(H,29,30). The Morgan fingerprint density at radius 1 is 1.19 bits per heavy atom. The van der Waals surface area contributed by atoms with Gasteiger partial charge in [-0.15, -0.1) is 0 Å². The summed E-state index contributed by atoms with van der Waals surface area (Å²) in [5.41, 5.74) is 2.91. The molecule has 0 aliphatic carbocycles. The van der Waals surface area contributed by atoms with Crippen LogP contribution in [0, 0.1) is 12.7 Å². The van der Waals surface area contributed by atoms with E-state index in [2.05, 4.69) is 5.32 Å². The lowest BCUT2D eigenvalue weighted by molar-refractivity contribution is -0.137. The quantitative estimate of drug-likeness (QED) is 0.689. The molecule has 31 heavy (non-hydrogen) atoms. The summed E-state index contributed by atoms with van der Waals surface area (Å²) in [6.45, 7) is 8.11. The van der Waals surface area contributed by atoms with Gasteiger partial charge in [-0.25, -0.2) is 4.39 Å². The highest BCUT2D eigenvalue weighted by molar-refractivity contribution is 6.09. The molecule has 7 heteroatoms. The van der Waals surface area contributed by atoms with Gasteiger partial charge in [0.15, 0.2) is 0 Å². The minimum atomic E-state index is -1.06. The van der Waals surface area contributed by atoms with Crippen molar-refractivity contribution in [3.05, 3.63) is 58.9 Å². The van der Waals surface area contributed by atoms with Crippen LogP contribution in [0.15, 0.2) is 36.4 Å². The third-order valence-electron chi connectivity index (χ3n) is 5.80. The van der Waals surface area contributed by atoms with Gasteiger partial charge in [0.2, 0.25) is 11.8 Å². The van der Waals surface area contributed by atoms with Gasteiger partial charge >= 0.3 is 5.97 Å². The highest BCUT2D eigenvalue weighted by Crippen LogP contribution is 2.44. The number of nitrogens with one attached hydrogen (secondary N) is 1. The van der Waals surface area contributed by atoms with Crippen LogP contribution in [0.4, 0.5) is 15.8 Å². The Kier molecular flexibility index (Phi) is 6.15. The fourth-order valence-electron chi connectivity index (χ4n) is 4.26. The van der Waals surface area contributed by atoms with E-state index in [-0.39, 0.29) is 24.7 Å². The molecule has 0 fully saturated rings. The van der Waals surface area contributed by atoms with Crippen molar-refractivity contribution in [2.75, 3.05) is 16.8 Å². The number of likely N-dealkylation sites (N-methyl/N-ethyl adjacent to an activating group) is 1. The smallest absolute Gasteiger partial charge is 0.303 e. The van der Waals surface area contributed by atoms with Crippen molar-refractivity contribution in [1.29, 1.82) is 0 Å². The number of carbonyl (C=O) groups excluding carboxylic acids is 2. The van der Waals surface area contributed by atoms with Crippen molar-refractivity contribution in [2.24, 2.45) is 0 Å². The van der Waals surface area contributed by atoms with Gasteiger partial charge in [0.05, 0.1) is 17.5 Å². The van der Waals surface area contributed by atoms with Gasteiger partial charge in [-0.05, 0) is 68.7 Å². The van der Waals surface area contributed by atoms with E-state index in [1.807, 2.05) is 39.8 Å². The molecule has 2 N–H and O–H groups in total. The first-order chi connectivity index (χ1) is 14.5. The molecule has 164 valence electrons. The van der Waals surface area contributed by atoms with Gasteiger partial charge in [0, 0.05) is 24.6 Å². The number of benzene rings is 2. The van der Waals surface area contributed by atoms with Gasteiger partial charge in [-0.3, -0.25) is 14.4 Å². The predicted octanol–water partition coefficient (Wildman–Crippen LogP) is 4.37. The van der Waals surface area contributed by atoms with Crippen molar-refractivity contribution in [3.8, 4) is 0 Å². The van der Waals surface area contributed by atoms with Crippen molar-refractivity contribution in [1.82, 2.24) is 0 Å². The normalized spacial score (nSPS) is 15.5. The van der Waals surface area contributed by atoms with Crippen molar-refractivity contribution in [2.45, 2.75) is 51.9 Å². The molecule has 2 amide bonds. The topological polar surface area (TPSA) is 86.7 Å². The fourth-order valence-corrected chi connectivity index (χ4v) is 4.26. The zero-order valence-corrected chi connectivity index (χ0v) is 18.2. The predicted molar refractivity (Wildman–Crippen MR) is 117 cm³/mol. The zero-order chi connectivity index (χ0) is 22.9. The second-order valence-electron chi connectivity index (χ2n) is 8.47. The second-order valence-corrected chi connectivity index (χ2v) is 8.47. The highest BCUT2D eigenvalue weighted by Gasteiger charge is 2.44. The number of anilines is 2. The molecule has 0 saturated heterocycles. The summed E-state index contributed by atoms with van der Waals surface area (Å²) in [4.78, 5) is 38.6. The average Bonchev–Trinajstić information content (AvgIpc) is 2.87. The third-order valence-corrected chi connectivity index (χ3v) is 5.80. The molecule has 6 nitrogen and oxygen atoms in total. The number of hydrogen-bond acceptors (Lipinski definition) is 3. The Balaban J connectivity index is 1.85. The monoisotopic (exact) mass is 426 g/mol. The summed E-state index contributed by atoms with van der Waals surface area (Å²) in [5.74, 6) is -2.55. The van der Waals surface area contributed by atoms with Gasteiger partial charge in [-0.2, -0.15) is 0 Å². The number of carboxylic acids is 1. The molecule has 1 atom stereocenters. The van der Waals surface area contributed by atoms with E-state index in [1.54, 1.807) is 11.0 Å². The fraction of sp³-hybridized carbons (Fsp3) is 0.375. The number of halogens is 1. The van der Waals surface area contributed by atoms with Crippen LogP contribution in [-0.4, -0.2) is 29.4 Å². The number of carbonyl (C=O) groups is 3. The van der Waals surface area contributed by atoms with Crippen LogP contribution in [0.3, 0.4) is 0 Å². The summed E-state index contributed by atoms with van der Waals surface area (Å²) < 4.78 is 13.6. The van der Waals surface area contributed by atoms with E-state index < -0.39 is 23.1 Å². The second kappa shape index (κ2) is 8.49. The molecule has 1 aliphatic rings. The first-order valence-corrected chi connectivity index (χ1v) is 10.3. The van der Waals surface area contributed by atoms with Crippen LogP contribution in [0.5, 0.6) is 0 Å². The largest absolute Gasteiger partial charge is 0.481 e. The van der Waals surface area contributed by atoms with Gasteiger partial charge in [-0.1, -0.05) is 12.1 Å². The summed E-state index contributed by atoms with van der Waals surface area (Å²) in [6, 6.07) is 9.27. The minimum absolute atomic E-state index is 0.0178. The van der Waals surface area contributed by atoms with E-state index >= 15 is 0 Å². The van der Waals surface area contributed by atoms with Crippen molar-refractivity contribution >= 4 is 29.2 Å². The molecular weight excluding hydrogens is 399 g/mol. The van der Waals surface area contributed by atoms with Gasteiger partial charge < -0.3 is 15.3 Å². The number of aryl methyl sites for hydroxylation is 1. The lowest BCUT2D eigenvalue weighted by atomic mass is 9.85. The van der Waals surface area contributed by atoms with Gasteiger partial charge in [0.1, 0.15) is 5.82 Å². The maximum Gasteiger partial charge on any atom is 0.303 e. The molecule has 3 rings (SSSR count). The molecule has 2 aromatic rings. The number of carboxylic acid groups (broad SMARTS) is 1. The Morgan fingerprint density at radius 2 is 1.90 bits per heavy atom. The summed E-state index contributed by atoms with van der Waals surface area (Å²) in [7, 11) is 0. The minimum Gasteiger partial charge on any atom is -0.481 e. The van der Waals surface area contributed by atoms with E-state index in [0.29, 0.717) is 17.8 Å². The van der Waals surface area contributed by atoms with Crippen LogP contribution < -0.4 is 10.2 Å². The Bertz CT molecular complexity index is 1050. The van der Waals surface area contributed by atoms with Gasteiger partial charge in [0.25, 0.3) is 0 Å². The molecule has 0 bridgehead atoms. The van der Waals surface area contributed by atoms with E-state index in [4.69, 9.17) is 0 Å². The van der Waals surface area contributed by atoms with Crippen LogP contribution >= 0.6 is 0 Å². The molecule has 1 heterocycles. The highest BCUT2D eigenvalue weighted by atomic mass is 19.1. The lowest BCUT2D eigenvalue weighted by Crippen LogP contribution is -2.36. The molecule has 0 saturated carbocycles. The Labute approximate surface area is 181 Å². The number of nitrogens with zero attached hydrogens (tertiary/aromatic N) is 1. The zero-order valence-electron chi connectivity index (χ0n) is 18.2. The molecular formula is C24H27FN2O4. The number of aliphatic carboxylic acids is 1. The number of rotatable bonds is 7. The van der Waals surface area contributed by atoms with Crippen molar-refractivity contribution < 1.29 is 23.9 Å². The molecule has 2 aromatic carbocycles. The first-order valence-electron chi connectivity index (χ1n) is 10.3. The summed E-state index contributed by atoms with van der Waals surface area (Å²) in [5, 5.41) is 12.1. The number of fused-ring (bicyclic) bond motifs is 1. The Morgan fingerprint density at radius 3 is 2.52 bits per heavy atom. The van der Waals surface area contributed by atoms with E-state index in [0.717, 1.165) is 16.8 Å². The van der Waals surface area contributed by atoms with Crippen LogP contribution in [0.25, 0.3) is 0 Å². The Hall–Kier alpha value is -3.22. The van der Waals surface area contributed by atoms with Crippen LogP contribution in [0.1, 0.15) is 56.2 Å². The SMILES string of the molecule is CCN1C(=O)C(C)(C)c2cc(NC(=O)CC(CC(=O)O)c3cccc(F)c3)cc(C)c21. The summed E-state index contributed by atoms with van der Waals surface area (Å²) in [6.07, 6.45) is -0.387.